The number of para-hydroxylation sites is 2. The lowest BCUT2D eigenvalue weighted by Crippen LogP contribution is -2.15. The number of thioether (sulfide) groups is 1. The monoisotopic (exact) mass is 423 g/mol. The maximum atomic E-state index is 12.5. The summed E-state index contributed by atoms with van der Waals surface area (Å²) in [5, 5.41) is 6.82. The van der Waals surface area contributed by atoms with Crippen molar-refractivity contribution in [3.63, 3.8) is 0 Å². The van der Waals surface area contributed by atoms with Crippen LogP contribution in [0.5, 0.6) is 0 Å². The van der Waals surface area contributed by atoms with E-state index in [1.54, 1.807) is 6.08 Å². The molecule has 0 bridgehead atoms. The van der Waals surface area contributed by atoms with Gasteiger partial charge in [-0.15, -0.1) is 0 Å². The van der Waals surface area contributed by atoms with Crippen LogP contribution in [0.25, 0.3) is 0 Å². The first-order valence-electron chi connectivity index (χ1n) is 9.69. The number of carbonyl (C=O) groups excluding carboxylic acids is 2. The Morgan fingerprint density at radius 2 is 1.97 bits per heavy atom. The lowest BCUT2D eigenvalue weighted by Gasteiger charge is -2.10. The van der Waals surface area contributed by atoms with Crippen LogP contribution in [0, 0.1) is 0 Å². The molecule has 30 heavy (non-hydrogen) atoms. The zero-order chi connectivity index (χ0) is 21.5. The number of hydrogen-bond acceptors (Lipinski definition) is 6. The minimum absolute atomic E-state index is 0.0958. The number of esters is 1. The second-order valence-electron chi connectivity index (χ2n) is 7.13. The van der Waals surface area contributed by atoms with E-state index >= 15 is 0 Å². The third-order valence-corrected chi connectivity index (χ3v) is 5.39. The zero-order valence-electron chi connectivity index (χ0n) is 17.3. The number of amides is 1. The van der Waals surface area contributed by atoms with Crippen LogP contribution >= 0.6 is 11.8 Å². The summed E-state index contributed by atoms with van der Waals surface area (Å²) in [6.07, 6.45) is 1.88. The van der Waals surface area contributed by atoms with Gasteiger partial charge < -0.3 is 15.4 Å². The molecule has 0 unspecified atom stereocenters. The summed E-state index contributed by atoms with van der Waals surface area (Å²) in [6.45, 7) is 4.23. The first-order chi connectivity index (χ1) is 14.4. The average Bonchev–Trinajstić information content (AvgIpc) is 2.90. The van der Waals surface area contributed by atoms with Crippen molar-refractivity contribution in [2.45, 2.75) is 26.2 Å². The lowest BCUT2D eigenvalue weighted by atomic mass is 10.0. The maximum Gasteiger partial charge on any atom is 0.311 e. The van der Waals surface area contributed by atoms with E-state index in [0.29, 0.717) is 16.7 Å². The Morgan fingerprint density at radius 1 is 1.17 bits per heavy atom. The second kappa shape index (κ2) is 10.1. The molecule has 3 rings (SSSR count). The number of rotatable bonds is 6. The lowest BCUT2D eigenvalue weighted by molar-refractivity contribution is -0.139. The number of benzene rings is 2. The molecule has 0 fully saturated rings. The van der Waals surface area contributed by atoms with E-state index in [2.05, 4.69) is 29.5 Å². The smallest absolute Gasteiger partial charge is 0.311 e. The van der Waals surface area contributed by atoms with Crippen molar-refractivity contribution in [3.8, 4) is 0 Å². The fourth-order valence-electron chi connectivity index (χ4n) is 2.89. The molecule has 0 radical (unpaired) electrons. The number of nitrogens with one attached hydrogen (secondary N) is 2. The van der Waals surface area contributed by atoms with Crippen molar-refractivity contribution in [1.29, 1.82) is 0 Å². The van der Waals surface area contributed by atoms with E-state index in [-0.39, 0.29) is 24.1 Å². The Morgan fingerprint density at radius 3 is 2.73 bits per heavy atom. The van der Waals surface area contributed by atoms with E-state index < -0.39 is 0 Å². The first-order valence-corrected chi connectivity index (χ1v) is 10.7. The van der Waals surface area contributed by atoms with Crippen molar-refractivity contribution >= 4 is 45.7 Å². The summed E-state index contributed by atoms with van der Waals surface area (Å²) in [4.78, 5) is 28.9. The minimum atomic E-state index is -0.347. The van der Waals surface area contributed by atoms with Gasteiger partial charge in [0.2, 0.25) is 5.91 Å². The van der Waals surface area contributed by atoms with Gasteiger partial charge in [0, 0.05) is 11.4 Å². The van der Waals surface area contributed by atoms with Crippen molar-refractivity contribution in [2.24, 2.45) is 4.99 Å². The molecule has 1 aliphatic heterocycles. The van der Waals surface area contributed by atoms with Crippen LogP contribution in [0.2, 0.25) is 0 Å². The molecular formula is C23H25N3O3S. The van der Waals surface area contributed by atoms with Crippen LogP contribution < -0.4 is 10.6 Å². The zero-order valence-corrected chi connectivity index (χ0v) is 18.1. The van der Waals surface area contributed by atoms with Gasteiger partial charge in [0.05, 0.1) is 35.7 Å². The van der Waals surface area contributed by atoms with Gasteiger partial charge in [-0.3, -0.25) is 9.59 Å². The third-order valence-electron chi connectivity index (χ3n) is 4.48. The molecule has 0 saturated carbocycles. The Labute approximate surface area is 180 Å². The normalized spacial score (nSPS) is 12.8. The number of fused-ring (bicyclic) bond motifs is 1. The molecule has 0 spiro atoms. The molecule has 2 aromatic carbocycles. The molecule has 0 atom stereocenters. The standard InChI is InChI=1S/C23H25N3O3S/c1-15(2)16-7-6-8-17(11-16)25-21(27)14-30-22-12-18(13-23(28)29-3)24-19-9-4-5-10-20(19)26-22/h4-12,15,24H,13-14H2,1-3H3,(H,25,27). The highest BCUT2D eigenvalue weighted by atomic mass is 32.2. The van der Waals surface area contributed by atoms with Crippen molar-refractivity contribution in [3.05, 3.63) is 65.9 Å². The molecule has 7 heteroatoms. The predicted molar refractivity (Wildman–Crippen MR) is 123 cm³/mol. The SMILES string of the molecule is COC(=O)CC1=CC(SCC(=O)Nc2cccc(C(C)C)c2)=Nc2ccccc2N1. The topological polar surface area (TPSA) is 79.8 Å². The summed E-state index contributed by atoms with van der Waals surface area (Å²) in [6, 6.07) is 15.4. The van der Waals surface area contributed by atoms with Crippen LogP contribution in [0.1, 0.15) is 31.7 Å². The van der Waals surface area contributed by atoms with E-state index in [9.17, 15) is 9.59 Å². The molecule has 0 aliphatic carbocycles. The van der Waals surface area contributed by atoms with E-state index in [1.807, 2.05) is 48.5 Å². The molecule has 2 N–H and O–H groups in total. The summed E-state index contributed by atoms with van der Waals surface area (Å²) < 4.78 is 4.78. The number of hydrogen-bond donors (Lipinski definition) is 2. The summed E-state index contributed by atoms with van der Waals surface area (Å²) in [5.74, 6) is 0.134. The quantitative estimate of drug-likeness (QED) is 0.633. The van der Waals surface area contributed by atoms with Gasteiger partial charge in [-0.05, 0) is 41.8 Å². The number of anilines is 2. The molecule has 0 saturated heterocycles. The number of ether oxygens (including phenoxy) is 1. The number of carbonyl (C=O) groups is 2. The Hall–Kier alpha value is -3.06. The number of nitrogens with zero attached hydrogens (tertiary/aromatic N) is 1. The van der Waals surface area contributed by atoms with Gasteiger partial charge in [-0.25, -0.2) is 4.99 Å². The molecule has 1 aliphatic rings. The third kappa shape index (κ3) is 5.97. The molecule has 156 valence electrons. The Balaban J connectivity index is 1.71. The predicted octanol–water partition coefficient (Wildman–Crippen LogP) is 5.08. The first kappa shape index (κ1) is 21.6. The molecule has 2 aromatic rings. The Kier molecular flexibility index (Phi) is 7.30. The van der Waals surface area contributed by atoms with Gasteiger partial charge in [0.25, 0.3) is 0 Å². The van der Waals surface area contributed by atoms with Gasteiger partial charge >= 0.3 is 5.97 Å². The van der Waals surface area contributed by atoms with Gasteiger partial charge in [0.15, 0.2) is 0 Å². The molecule has 6 nitrogen and oxygen atoms in total. The molecule has 0 aromatic heterocycles. The fraction of sp³-hybridized carbons (Fsp3) is 0.261. The van der Waals surface area contributed by atoms with Crippen molar-refractivity contribution in [2.75, 3.05) is 23.5 Å². The molecule has 1 heterocycles. The van der Waals surface area contributed by atoms with E-state index in [0.717, 1.165) is 17.1 Å². The largest absolute Gasteiger partial charge is 0.469 e. The summed E-state index contributed by atoms with van der Waals surface area (Å²) in [7, 11) is 1.36. The van der Waals surface area contributed by atoms with Gasteiger partial charge in [-0.1, -0.05) is 49.9 Å². The second-order valence-corrected chi connectivity index (χ2v) is 8.13. The highest BCUT2D eigenvalue weighted by Gasteiger charge is 2.15. The molecule has 1 amide bonds. The van der Waals surface area contributed by atoms with E-state index in [1.165, 1.54) is 24.4 Å². The van der Waals surface area contributed by atoms with Crippen LogP contribution in [0.4, 0.5) is 17.1 Å². The number of methoxy groups -OCH3 is 1. The maximum absolute atomic E-state index is 12.5. The average molecular weight is 424 g/mol. The number of aliphatic imine (C=N–C) groups is 1. The summed E-state index contributed by atoms with van der Waals surface area (Å²) in [5.41, 5.74) is 4.18. The highest BCUT2D eigenvalue weighted by molar-refractivity contribution is 8.14. The van der Waals surface area contributed by atoms with E-state index in [4.69, 9.17) is 4.74 Å². The van der Waals surface area contributed by atoms with Crippen molar-refractivity contribution < 1.29 is 14.3 Å². The van der Waals surface area contributed by atoms with Crippen LogP contribution in [0.3, 0.4) is 0 Å². The highest BCUT2D eigenvalue weighted by Crippen LogP contribution is 2.31. The van der Waals surface area contributed by atoms with Crippen LogP contribution in [0.15, 0.2) is 65.3 Å². The van der Waals surface area contributed by atoms with Crippen LogP contribution in [-0.2, 0) is 14.3 Å². The summed E-state index contributed by atoms with van der Waals surface area (Å²) >= 11 is 1.32. The Bertz CT molecular complexity index is 999. The molecular weight excluding hydrogens is 398 g/mol. The van der Waals surface area contributed by atoms with Gasteiger partial charge in [-0.2, -0.15) is 0 Å². The van der Waals surface area contributed by atoms with Crippen LogP contribution in [-0.4, -0.2) is 29.8 Å². The minimum Gasteiger partial charge on any atom is -0.469 e. The van der Waals surface area contributed by atoms with Crippen molar-refractivity contribution in [1.82, 2.24) is 0 Å². The van der Waals surface area contributed by atoms with Gasteiger partial charge in [0.1, 0.15) is 0 Å². The fourth-order valence-corrected chi connectivity index (χ4v) is 3.63.